The average Bonchev–Trinajstić information content (AvgIpc) is 1.96. The first-order chi connectivity index (χ1) is 6.54. The number of rotatable bonds is 4. The summed E-state index contributed by atoms with van der Waals surface area (Å²) in [6.07, 6.45) is 3.85. The lowest BCUT2D eigenvalue weighted by atomic mass is 9.74. The van der Waals surface area contributed by atoms with E-state index in [1.54, 1.807) is 0 Å². The Balaban J connectivity index is 1.94. The highest BCUT2D eigenvalue weighted by Gasteiger charge is 2.45. The molecule has 4 nitrogen and oxygen atoms in total. The molecule has 1 aliphatic carbocycles. The van der Waals surface area contributed by atoms with E-state index in [1.807, 2.05) is 0 Å². The van der Waals surface area contributed by atoms with Gasteiger partial charge in [-0.25, -0.2) is 0 Å². The van der Waals surface area contributed by atoms with Crippen molar-refractivity contribution in [3.05, 3.63) is 0 Å². The minimum Gasteiger partial charge on any atom is -0.481 e. The molecule has 2 aliphatic rings. The number of nitrogens with one attached hydrogen (secondary N) is 2. The van der Waals surface area contributed by atoms with Crippen LogP contribution in [0.15, 0.2) is 0 Å². The molecule has 0 unspecified atom stereocenters. The summed E-state index contributed by atoms with van der Waals surface area (Å²) in [5.74, 6) is -0.707. The minimum absolute atomic E-state index is 0.180. The first kappa shape index (κ1) is 9.93. The molecule has 4 heteroatoms. The normalized spacial score (nSPS) is 27.5. The van der Waals surface area contributed by atoms with Crippen LogP contribution in [0.4, 0.5) is 0 Å². The van der Waals surface area contributed by atoms with Crippen LogP contribution in [0, 0.1) is 0 Å². The topological polar surface area (TPSA) is 61.4 Å². The van der Waals surface area contributed by atoms with Gasteiger partial charge in [0, 0.05) is 18.6 Å². The maximum atomic E-state index is 10.7. The zero-order valence-corrected chi connectivity index (χ0v) is 8.60. The Bertz CT molecular complexity index is 245. The van der Waals surface area contributed by atoms with Crippen LogP contribution in [0.25, 0.3) is 0 Å². The van der Waals surface area contributed by atoms with E-state index in [0.29, 0.717) is 0 Å². The highest BCUT2D eigenvalue weighted by Crippen LogP contribution is 2.34. The van der Waals surface area contributed by atoms with Crippen LogP contribution in [-0.2, 0) is 4.79 Å². The number of carboxylic acid groups (broad SMARTS) is 1. The predicted molar refractivity (Wildman–Crippen MR) is 53.2 cm³/mol. The van der Waals surface area contributed by atoms with Gasteiger partial charge in [-0.2, -0.15) is 0 Å². The summed E-state index contributed by atoms with van der Waals surface area (Å²) >= 11 is 0. The van der Waals surface area contributed by atoms with E-state index in [4.69, 9.17) is 5.11 Å². The predicted octanol–water partition coefficient (Wildman–Crippen LogP) is 0.335. The monoisotopic (exact) mass is 198 g/mol. The van der Waals surface area contributed by atoms with Gasteiger partial charge in [-0.3, -0.25) is 4.79 Å². The molecule has 2 fully saturated rings. The lowest BCUT2D eigenvalue weighted by Gasteiger charge is -2.52. The zero-order chi connectivity index (χ0) is 10.2. The van der Waals surface area contributed by atoms with Gasteiger partial charge in [-0.15, -0.1) is 0 Å². The molecule has 0 amide bonds. The fraction of sp³-hybridized carbons (Fsp3) is 0.900. The van der Waals surface area contributed by atoms with Gasteiger partial charge in [0.1, 0.15) is 0 Å². The number of carboxylic acids is 1. The summed E-state index contributed by atoms with van der Waals surface area (Å²) in [5, 5.41) is 15.5. The van der Waals surface area contributed by atoms with Crippen molar-refractivity contribution in [3.63, 3.8) is 0 Å². The molecule has 0 radical (unpaired) electrons. The standard InChI is InChI=1S/C10H18N2O2/c1-9(3-2-4-9)12-10(5-8(13)14)6-11-7-10/h11-12H,2-7H2,1H3,(H,13,14). The van der Waals surface area contributed by atoms with E-state index in [0.717, 1.165) is 13.1 Å². The molecule has 1 aliphatic heterocycles. The van der Waals surface area contributed by atoms with Gasteiger partial charge in [0.15, 0.2) is 0 Å². The van der Waals surface area contributed by atoms with Gasteiger partial charge >= 0.3 is 5.97 Å². The van der Waals surface area contributed by atoms with Crippen molar-refractivity contribution in [2.45, 2.75) is 43.7 Å². The zero-order valence-electron chi connectivity index (χ0n) is 8.60. The molecule has 0 atom stereocenters. The van der Waals surface area contributed by atoms with Crippen molar-refractivity contribution in [1.29, 1.82) is 0 Å². The fourth-order valence-corrected chi connectivity index (χ4v) is 2.45. The first-order valence-electron chi connectivity index (χ1n) is 5.26. The molecule has 3 N–H and O–H groups in total. The van der Waals surface area contributed by atoms with E-state index >= 15 is 0 Å². The third kappa shape index (κ3) is 1.77. The van der Waals surface area contributed by atoms with Gasteiger partial charge < -0.3 is 15.7 Å². The molecule has 0 aromatic heterocycles. The maximum absolute atomic E-state index is 10.7. The fourth-order valence-electron chi connectivity index (χ4n) is 2.45. The second kappa shape index (κ2) is 3.21. The number of aliphatic carboxylic acids is 1. The lowest BCUT2D eigenvalue weighted by molar-refractivity contribution is -0.139. The molecule has 14 heavy (non-hydrogen) atoms. The van der Waals surface area contributed by atoms with Crippen molar-refractivity contribution in [2.24, 2.45) is 0 Å². The van der Waals surface area contributed by atoms with Gasteiger partial charge in [0.2, 0.25) is 0 Å². The van der Waals surface area contributed by atoms with Crippen LogP contribution < -0.4 is 10.6 Å². The Kier molecular flexibility index (Phi) is 2.27. The van der Waals surface area contributed by atoms with Gasteiger partial charge in [0.25, 0.3) is 0 Å². The summed E-state index contributed by atoms with van der Waals surface area (Å²) < 4.78 is 0. The number of hydrogen-bond acceptors (Lipinski definition) is 3. The van der Waals surface area contributed by atoms with Crippen molar-refractivity contribution < 1.29 is 9.90 Å². The van der Waals surface area contributed by atoms with Crippen LogP contribution in [0.2, 0.25) is 0 Å². The quantitative estimate of drug-likeness (QED) is 0.609. The maximum Gasteiger partial charge on any atom is 0.305 e. The van der Waals surface area contributed by atoms with Crippen LogP contribution >= 0.6 is 0 Å². The summed E-state index contributed by atoms with van der Waals surface area (Å²) in [5.41, 5.74) is 0.0125. The SMILES string of the molecule is CC1(NC2(CC(=O)O)CNC2)CCC1. The van der Waals surface area contributed by atoms with E-state index < -0.39 is 5.97 Å². The Morgan fingerprint density at radius 3 is 2.43 bits per heavy atom. The molecule has 2 rings (SSSR count). The molecule has 0 aromatic rings. The Hall–Kier alpha value is -0.610. The Labute approximate surface area is 84.1 Å². The molecule has 1 saturated heterocycles. The summed E-state index contributed by atoms with van der Waals surface area (Å²) in [4.78, 5) is 10.7. The van der Waals surface area contributed by atoms with Crippen LogP contribution in [0.5, 0.6) is 0 Å². The van der Waals surface area contributed by atoms with Gasteiger partial charge in [0.05, 0.1) is 12.0 Å². The molecule has 0 bridgehead atoms. The summed E-state index contributed by atoms with van der Waals surface area (Å²) in [6.45, 7) is 3.77. The van der Waals surface area contributed by atoms with E-state index in [1.165, 1.54) is 19.3 Å². The highest BCUT2D eigenvalue weighted by molar-refractivity contribution is 5.69. The second-order valence-electron chi connectivity index (χ2n) is 4.99. The van der Waals surface area contributed by atoms with Gasteiger partial charge in [-0.05, 0) is 26.2 Å². The molecule has 0 spiro atoms. The van der Waals surface area contributed by atoms with E-state index in [9.17, 15) is 4.79 Å². The Morgan fingerprint density at radius 2 is 2.14 bits per heavy atom. The number of carbonyl (C=O) groups is 1. The summed E-state index contributed by atoms with van der Waals surface area (Å²) in [6, 6.07) is 0. The third-order valence-corrected chi connectivity index (χ3v) is 3.44. The average molecular weight is 198 g/mol. The molecule has 0 aromatic carbocycles. The van der Waals surface area contributed by atoms with Crippen LogP contribution in [0.1, 0.15) is 32.6 Å². The van der Waals surface area contributed by atoms with Crippen molar-refractivity contribution in [1.82, 2.24) is 10.6 Å². The molecule has 1 heterocycles. The number of hydrogen-bond donors (Lipinski definition) is 3. The first-order valence-corrected chi connectivity index (χ1v) is 5.26. The Morgan fingerprint density at radius 1 is 1.50 bits per heavy atom. The smallest absolute Gasteiger partial charge is 0.305 e. The summed E-state index contributed by atoms with van der Waals surface area (Å²) in [7, 11) is 0. The van der Waals surface area contributed by atoms with E-state index in [-0.39, 0.29) is 17.5 Å². The van der Waals surface area contributed by atoms with Crippen molar-refractivity contribution in [3.8, 4) is 0 Å². The lowest BCUT2D eigenvalue weighted by Crippen LogP contribution is -2.73. The molecular formula is C10H18N2O2. The highest BCUT2D eigenvalue weighted by atomic mass is 16.4. The molecular weight excluding hydrogens is 180 g/mol. The molecule has 1 saturated carbocycles. The van der Waals surface area contributed by atoms with Crippen LogP contribution in [0.3, 0.4) is 0 Å². The van der Waals surface area contributed by atoms with Crippen molar-refractivity contribution in [2.75, 3.05) is 13.1 Å². The molecule has 80 valence electrons. The largest absolute Gasteiger partial charge is 0.481 e. The van der Waals surface area contributed by atoms with Gasteiger partial charge in [-0.1, -0.05) is 0 Å². The second-order valence-corrected chi connectivity index (χ2v) is 4.99. The third-order valence-electron chi connectivity index (χ3n) is 3.44. The minimum atomic E-state index is -0.707. The van der Waals surface area contributed by atoms with E-state index in [2.05, 4.69) is 17.6 Å². The van der Waals surface area contributed by atoms with Crippen molar-refractivity contribution >= 4 is 5.97 Å². The van der Waals surface area contributed by atoms with Crippen LogP contribution in [-0.4, -0.2) is 35.2 Å².